The van der Waals surface area contributed by atoms with Crippen molar-refractivity contribution in [1.82, 2.24) is 30.2 Å². The first kappa shape index (κ1) is 61.1. The molecule has 82 heavy (non-hydrogen) atoms. The second kappa shape index (κ2) is 25.0. The average molecular weight is 1150 g/mol. The first-order chi connectivity index (χ1) is 38.8. The molecule has 3 saturated heterocycles. The standard InChI is InChI=1S/C21H33N3O5.C20H32N2O4.C19H31N3O5/c1-12(2)28-19(26)23(3)9-14-10-24(11-14)20(27)29-17-15-4-13-5-16(17)8-21(6-13,7-15)18(22)25;23-18(25-14-16-3-1-2-4-16)21-11-17-12-22(13-17)19(24)26-20-8-5-15(6-9-20)7-10-20;1-17(2,3)26-15(24)21-10-13-11-22(12-13)16(25)27-19-7-4-18(5-8-19,6-9-19)14(20)23/h12-17H,4-11H2,1-3H3,(H2,22,25);15-17H,1-14H2,(H,21,23);13H,4-12H2,1-3H3,(H2,20,23)(H,21,24). The van der Waals surface area contributed by atoms with Crippen LogP contribution in [0.25, 0.3) is 0 Å². The van der Waals surface area contributed by atoms with Crippen LogP contribution in [0.15, 0.2) is 0 Å². The molecule has 14 fully saturated rings. The number of hydrogen-bond donors (Lipinski definition) is 4. The molecule has 11 aliphatic carbocycles. The summed E-state index contributed by atoms with van der Waals surface area (Å²) in [7, 11) is 1.72. The molecule has 8 amide bonds. The van der Waals surface area contributed by atoms with Crippen molar-refractivity contribution in [2.75, 3.05) is 72.6 Å². The van der Waals surface area contributed by atoms with Gasteiger partial charge in [-0.3, -0.25) is 9.59 Å². The topological polar surface area (TPSA) is 281 Å². The molecule has 0 aromatic carbocycles. The number of nitrogens with two attached hydrogens (primary N) is 2. The SMILES string of the molecule is CC(C)(C)OC(=O)NCC1CN(C(=O)OC23CCC(C(N)=O)(CC2)CC3)C1.CC(C)OC(=O)N(C)CC1CN(C(=O)OC2C3CC4CC2CC(C(N)=O)(C4)C3)C1.O=C(NCC1CN(C(=O)OC23CCC(CC2)CC3)C1)OCC1CCCC1. The van der Waals surface area contributed by atoms with Crippen LogP contribution in [0.5, 0.6) is 0 Å². The molecule has 14 aliphatic rings. The largest absolute Gasteiger partial charge is 0.449 e. The number of primary amides is 2. The quantitative estimate of drug-likeness (QED) is 0.120. The lowest BCUT2D eigenvalue weighted by molar-refractivity contribution is -0.162. The van der Waals surface area contributed by atoms with Gasteiger partial charge in [-0.15, -0.1) is 0 Å². The molecule has 22 nitrogen and oxygen atoms in total. The second-order valence-corrected chi connectivity index (χ2v) is 28.3. The molecule has 2 unspecified atom stereocenters. The number of carbonyl (C=O) groups is 8. The number of nitrogens with one attached hydrogen (secondary N) is 2. The fraction of sp³-hybridized carbons (Fsp3) is 0.867. The molecular weight excluding hydrogens is 1060 g/mol. The Balaban J connectivity index is 0.000000148. The zero-order valence-corrected chi connectivity index (χ0v) is 49.9. The van der Waals surface area contributed by atoms with Gasteiger partial charge in [0.2, 0.25) is 11.8 Å². The molecule has 460 valence electrons. The van der Waals surface area contributed by atoms with Crippen molar-refractivity contribution in [3.63, 3.8) is 0 Å². The average Bonchev–Trinajstić information content (AvgIpc) is 4.06. The van der Waals surface area contributed by atoms with Gasteiger partial charge in [0.1, 0.15) is 22.9 Å². The van der Waals surface area contributed by atoms with E-state index in [-0.39, 0.29) is 94.6 Å². The molecule has 2 atom stereocenters. The fourth-order valence-electron chi connectivity index (χ4n) is 15.7. The van der Waals surface area contributed by atoms with Gasteiger partial charge >= 0.3 is 36.6 Å². The maximum atomic E-state index is 12.6. The van der Waals surface area contributed by atoms with Gasteiger partial charge in [-0.05, 0) is 186 Å². The molecule has 6 N–H and O–H groups in total. The lowest BCUT2D eigenvalue weighted by Gasteiger charge is -2.58. The van der Waals surface area contributed by atoms with Crippen molar-refractivity contribution in [2.24, 2.45) is 69.6 Å². The van der Waals surface area contributed by atoms with Crippen LogP contribution < -0.4 is 22.1 Å². The maximum absolute atomic E-state index is 12.6. The summed E-state index contributed by atoms with van der Waals surface area (Å²) in [6, 6.07) is 0. The van der Waals surface area contributed by atoms with Gasteiger partial charge in [0.25, 0.3) is 0 Å². The summed E-state index contributed by atoms with van der Waals surface area (Å²) in [6.45, 7) is 14.9. The fourth-order valence-corrected chi connectivity index (χ4v) is 15.7. The number of alkyl carbamates (subject to hydrolysis) is 2. The Kier molecular flexibility index (Phi) is 18.7. The van der Waals surface area contributed by atoms with E-state index in [0.717, 1.165) is 57.3 Å². The lowest BCUT2D eigenvalue weighted by atomic mass is 9.48. The Bertz CT molecular complexity index is 2280. The minimum Gasteiger partial charge on any atom is -0.449 e. The minimum absolute atomic E-state index is 0.0886. The van der Waals surface area contributed by atoms with E-state index < -0.39 is 17.3 Å². The van der Waals surface area contributed by atoms with Gasteiger partial charge in [-0.1, -0.05) is 12.8 Å². The molecule has 3 aliphatic heterocycles. The van der Waals surface area contributed by atoms with Gasteiger partial charge in [-0.2, -0.15) is 0 Å². The summed E-state index contributed by atoms with van der Waals surface area (Å²) in [4.78, 5) is 103. The van der Waals surface area contributed by atoms with Crippen LogP contribution in [-0.4, -0.2) is 170 Å². The molecular formula is C60H96N8O14. The number of ether oxygens (including phenoxy) is 6. The van der Waals surface area contributed by atoms with Crippen LogP contribution in [0.4, 0.5) is 28.8 Å². The zero-order valence-electron chi connectivity index (χ0n) is 49.9. The van der Waals surface area contributed by atoms with E-state index in [1.807, 2.05) is 34.6 Å². The Hall–Kier alpha value is -5.44. The van der Waals surface area contributed by atoms with Gasteiger partial charge < -0.3 is 70.1 Å². The molecule has 0 spiro atoms. The van der Waals surface area contributed by atoms with Crippen molar-refractivity contribution in [3.8, 4) is 0 Å². The summed E-state index contributed by atoms with van der Waals surface area (Å²) in [5, 5.41) is 5.57. The molecule has 0 aromatic rings. The molecule has 0 aromatic heterocycles. The van der Waals surface area contributed by atoms with Crippen molar-refractivity contribution in [2.45, 2.75) is 198 Å². The third kappa shape index (κ3) is 14.7. The van der Waals surface area contributed by atoms with Gasteiger partial charge in [0, 0.05) is 89.1 Å². The normalized spacial score (nSPS) is 32.5. The summed E-state index contributed by atoms with van der Waals surface area (Å²) in [6.07, 6.45) is 18.3. The third-order valence-electron chi connectivity index (χ3n) is 20.5. The monoisotopic (exact) mass is 1150 g/mol. The van der Waals surface area contributed by atoms with Crippen molar-refractivity contribution < 1.29 is 66.8 Å². The highest BCUT2D eigenvalue weighted by Crippen LogP contribution is 2.61. The Labute approximate surface area is 484 Å². The summed E-state index contributed by atoms with van der Waals surface area (Å²) < 4.78 is 33.4. The van der Waals surface area contributed by atoms with Crippen LogP contribution in [-0.2, 0) is 38.0 Å². The number of rotatable bonds is 14. The van der Waals surface area contributed by atoms with Crippen molar-refractivity contribution in [3.05, 3.63) is 0 Å². The Morgan fingerprint density at radius 1 is 0.585 bits per heavy atom. The van der Waals surface area contributed by atoms with Crippen LogP contribution in [0.2, 0.25) is 0 Å². The number of fused-ring (bicyclic) bond motifs is 6. The van der Waals surface area contributed by atoms with Crippen LogP contribution in [0.1, 0.15) is 169 Å². The van der Waals surface area contributed by atoms with E-state index in [1.165, 1.54) is 44.9 Å². The van der Waals surface area contributed by atoms with E-state index in [0.29, 0.717) is 122 Å². The van der Waals surface area contributed by atoms with Crippen LogP contribution in [0.3, 0.4) is 0 Å². The van der Waals surface area contributed by atoms with Crippen molar-refractivity contribution >= 4 is 48.4 Å². The molecule has 0 radical (unpaired) electrons. The molecule has 11 saturated carbocycles. The molecule has 14 rings (SSSR count). The first-order valence-corrected chi connectivity index (χ1v) is 31.1. The third-order valence-corrected chi connectivity index (χ3v) is 20.5. The van der Waals surface area contributed by atoms with E-state index in [2.05, 4.69) is 10.6 Å². The van der Waals surface area contributed by atoms with Crippen LogP contribution in [0, 0.1) is 58.2 Å². The number of hydrogen-bond acceptors (Lipinski definition) is 14. The Morgan fingerprint density at radius 2 is 1.06 bits per heavy atom. The highest BCUT2D eigenvalue weighted by Gasteiger charge is 2.60. The summed E-state index contributed by atoms with van der Waals surface area (Å²) >= 11 is 0. The molecule has 22 heteroatoms. The predicted octanol–water partition coefficient (Wildman–Crippen LogP) is 8.06. The smallest absolute Gasteiger partial charge is 0.410 e. The predicted molar refractivity (Wildman–Crippen MR) is 299 cm³/mol. The second-order valence-electron chi connectivity index (χ2n) is 28.3. The van der Waals surface area contributed by atoms with Crippen LogP contribution >= 0.6 is 0 Å². The van der Waals surface area contributed by atoms with E-state index >= 15 is 0 Å². The number of amides is 8. The van der Waals surface area contributed by atoms with Gasteiger partial charge in [-0.25, -0.2) is 28.8 Å². The number of likely N-dealkylation sites (tertiary alicyclic amines) is 3. The van der Waals surface area contributed by atoms with Gasteiger partial charge in [0.05, 0.1) is 18.1 Å². The van der Waals surface area contributed by atoms with Crippen molar-refractivity contribution in [1.29, 1.82) is 0 Å². The number of nitrogens with zero attached hydrogens (tertiary/aromatic N) is 4. The number of carbonyl (C=O) groups excluding carboxylic acids is 8. The van der Waals surface area contributed by atoms with E-state index in [4.69, 9.17) is 39.9 Å². The summed E-state index contributed by atoms with van der Waals surface area (Å²) in [5.41, 5.74) is 9.40. The zero-order chi connectivity index (χ0) is 58.8. The summed E-state index contributed by atoms with van der Waals surface area (Å²) in [5.74, 6) is 2.83. The van der Waals surface area contributed by atoms with E-state index in [9.17, 15) is 38.4 Å². The highest BCUT2D eigenvalue weighted by atomic mass is 16.6. The van der Waals surface area contributed by atoms with Gasteiger partial charge in [0.15, 0.2) is 0 Å². The minimum atomic E-state index is -0.523. The first-order valence-electron chi connectivity index (χ1n) is 31.1. The molecule has 3 heterocycles. The highest BCUT2D eigenvalue weighted by molar-refractivity contribution is 5.82. The lowest BCUT2D eigenvalue weighted by Crippen LogP contribution is -2.60. The Morgan fingerprint density at radius 3 is 1.55 bits per heavy atom. The maximum Gasteiger partial charge on any atom is 0.410 e. The van der Waals surface area contributed by atoms with E-state index in [1.54, 1.807) is 26.6 Å². The molecule has 8 bridgehead atoms.